The van der Waals surface area contributed by atoms with Crippen LogP contribution in [0.4, 0.5) is 0 Å². The largest absolute Gasteiger partial charge is 0.393 e. The molecule has 0 aromatic carbocycles. The summed E-state index contributed by atoms with van der Waals surface area (Å²) in [6.45, 7) is 8.80. The third kappa shape index (κ3) is 8.04. The first-order valence-corrected chi connectivity index (χ1v) is 9.69. The number of amides is 1. The van der Waals surface area contributed by atoms with E-state index in [1.165, 1.54) is 13.8 Å². The Morgan fingerprint density at radius 3 is 2.44 bits per heavy atom. The molecule has 1 heterocycles. The fourth-order valence-corrected chi connectivity index (χ4v) is 3.07. The van der Waals surface area contributed by atoms with Gasteiger partial charge in [0.2, 0.25) is 5.91 Å². The van der Waals surface area contributed by atoms with Crippen molar-refractivity contribution in [3.05, 3.63) is 0 Å². The van der Waals surface area contributed by atoms with Gasteiger partial charge in [0.25, 0.3) is 0 Å². The molecule has 0 spiro atoms. The van der Waals surface area contributed by atoms with Crippen LogP contribution in [0.1, 0.15) is 40.5 Å². The van der Waals surface area contributed by atoms with E-state index >= 15 is 0 Å². The zero-order chi connectivity index (χ0) is 20.6. The number of aliphatic hydroxyl groups is 1. The molecule has 0 aliphatic carbocycles. The van der Waals surface area contributed by atoms with Crippen LogP contribution in [0.25, 0.3) is 0 Å². The molecule has 0 radical (unpaired) electrons. The molecule has 5 atom stereocenters. The van der Waals surface area contributed by atoms with Gasteiger partial charge in [-0.25, -0.2) is 0 Å². The van der Waals surface area contributed by atoms with E-state index in [-0.39, 0.29) is 36.6 Å². The highest BCUT2D eigenvalue weighted by molar-refractivity contribution is 5.92. The Kier molecular flexibility index (Phi) is 10.1. The molecule has 1 amide bonds. The van der Waals surface area contributed by atoms with Gasteiger partial charge < -0.3 is 26.2 Å². The Morgan fingerprint density at radius 1 is 1.26 bits per heavy atom. The number of ketones is 2. The van der Waals surface area contributed by atoms with Crippen molar-refractivity contribution >= 4 is 17.5 Å². The molecule has 1 saturated heterocycles. The van der Waals surface area contributed by atoms with Crippen LogP contribution in [0.3, 0.4) is 0 Å². The third-order valence-corrected chi connectivity index (χ3v) is 4.81. The molecule has 0 aromatic rings. The molecule has 1 aliphatic heterocycles. The number of carbonyl (C=O) groups excluding carboxylic acids is 3. The van der Waals surface area contributed by atoms with Gasteiger partial charge in [-0.2, -0.15) is 0 Å². The fraction of sp³-hybridized carbons (Fsp3) is 0.842. The van der Waals surface area contributed by atoms with Crippen molar-refractivity contribution in [2.45, 2.75) is 58.8 Å². The Bertz CT molecular complexity index is 510. The van der Waals surface area contributed by atoms with Gasteiger partial charge in [0.05, 0.1) is 24.2 Å². The highest BCUT2D eigenvalue weighted by atomic mass is 16.5. The van der Waals surface area contributed by atoms with Crippen molar-refractivity contribution in [3.63, 3.8) is 0 Å². The van der Waals surface area contributed by atoms with Crippen LogP contribution in [-0.2, 0) is 19.1 Å². The number of nitrogens with one attached hydrogen (secondary N) is 2. The first-order chi connectivity index (χ1) is 12.6. The lowest BCUT2D eigenvalue weighted by Crippen LogP contribution is -2.50. The van der Waals surface area contributed by atoms with Crippen molar-refractivity contribution in [2.75, 3.05) is 26.2 Å². The maximum Gasteiger partial charge on any atom is 0.226 e. The van der Waals surface area contributed by atoms with Crippen LogP contribution in [-0.4, -0.2) is 67.1 Å². The molecule has 1 aliphatic rings. The summed E-state index contributed by atoms with van der Waals surface area (Å²) in [5.41, 5.74) is 5.49. The summed E-state index contributed by atoms with van der Waals surface area (Å²) in [4.78, 5) is 36.6. The minimum Gasteiger partial charge on any atom is -0.393 e. The Morgan fingerprint density at radius 2 is 1.93 bits per heavy atom. The smallest absolute Gasteiger partial charge is 0.226 e. The average molecular weight is 386 g/mol. The first-order valence-electron chi connectivity index (χ1n) is 9.69. The van der Waals surface area contributed by atoms with E-state index in [0.717, 1.165) is 0 Å². The standard InChI is InChI=1S/C19H35N3O5/c1-11(2)10-27-15-5-14(8-21-9-15)18(25)6-16(12(3)23)19(26)22-17(7-20)13(4)24/h11-12,14-17,21,23H,5-10,20H2,1-4H3,(H,22,26)/t12-,14?,15?,16-,17-/m0/s1. The van der Waals surface area contributed by atoms with E-state index in [1.54, 1.807) is 0 Å². The number of aliphatic hydroxyl groups excluding tert-OH is 1. The van der Waals surface area contributed by atoms with E-state index in [1.807, 2.05) is 0 Å². The van der Waals surface area contributed by atoms with Gasteiger partial charge in [0.15, 0.2) is 5.78 Å². The molecule has 1 rings (SSSR count). The summed E-state index contributed by atoms with van der Waals surface area (Å²) >= 11 is 0. The molecule has 156 valence electrons. The molecule has 8 heteroatoms. The van der Waals surface area contributed by atoms with E-state index in [0.29, 0.717) is 32.0 Å². The number of piperidine rings is 1. The molecule has 2 unspecified atom stereocenters. The molecule has 0 saturated carbocycles. The molecule has 8 nitrogen and oxygen atoms in total. The van der Waals surface area contributed by atoms with Crippen molar-refractivity contribution in [2.24, 2.45) is 23.5 Å². The second-order valence-electron chi connectivity index (χ2n) is 7.87. The van der Waals surface area contributed by atoms with Crippen LogP contribution in [0.15, 0.2) is 0 Å². The Balaban J connectivity index is 2.66. The Labute approximate surface area is 161 Å². The summed E-state index contributed by atoms with van der Waals surface area (Å²) in [5, 5.41) is 15.7. The summed E-state index contributed by atoms with van der Waals surface area (Å²) in [6, 6.07) is -0.806. The van der Waals surface area contributed by atoms with Gasteiger partial charge in [-0.1, -0.05) is 13.8 Å². The second kappa shape index (κ2) is 11.5. The minimum atomic E-state index is -1.01. The van der Waals surface area contributed by atoms with Gasteiger partial charge in [0.1, 0.15) is 5.78 Å². The van der Waals surface area contributed by atoms with Gasteiger partial charge in [-0.15, -0.1) is 0 Å². The van der Waals surface area contributed by atoms with Gasteiger partial charge in [-0.05, 0) is 26.2 Å². The number of hydrogen-bond donors (Lipinski definition) is 4. The minimum absolute atomic E-state index is 0.0248. The number of Topliss-reactive ketones (excluding diaryl/α,β-unsaturated/α-hetero) is 2. The Hall–Kier alpha value is -1.35. The SMILES string of the molecule is CC(=O)[C@H](CN)NC(=O)[C@@H](CC(=O)C1CNCC(OCC(C)C)C1)[C@H](C)O. The lowest BCUT2D eigenvalue weighted by atomic mass is 9.86. The van der Waals surface area contributed by atoms with Crippen molar-refractivity contribution < 1.29 is 24.2 Å². The van der Waals surface area contributed by atoms with Crippen LogP contribution in [0, 0.1) is 17.8 Å². The maximum absolute atomic E-state index is 12.7. The monoisotopic (exact) mass is 385 g/mol. The lowest BCUT2D eigenvalue weighted by molar-refractivity contribution is -0.136. The first kappa shape index (κ1) is 23.7. The molecule has 27 heavy (non-hydrogen) atoms. The van der Waals surface area contributed by atoms with Gasteiger partial charge in [-0.3, -0.25) is 14.4 Å². The van der Waals surface area contributed by atoms with Gasteiger partial charge >= 0.3 is 0 Å². The van der Waals surface area contributed by atoms with Gasteiger partial charge in [0, 0.05) is 38.6 Å². The van der Waals surface area contributed by atoms with E-state index in [9.17, 15) is 19.5 Å². The van der Waals surface area contributed by atoms with Crippen LogP contribution >= 0.6 is 0 Å². The topological polar surface area (TPSA) is 131 Å². The summed E-state index contributed by atoms with van der Waals surface area (Å²) in [5.74, 6) is -1.64. The molecular weight excluding hydrogens is 350 g/mol. The number of rotatable bonds is 11. The quantitative estimate of drug-likeness (QED) is 0.381. The van der Waals surface area contributed by atoms with Crippen LogP contribution < -0.4 is 16.4 Å². The van der Waals surface area contributed by atoms with E-state index in [2.05, 4.69) is 24.5 Å². The summed E-state index contributed by atoms with van der Waals surface area (Å²) < 4.78 is 5.82. The number of ether oxygens (including phenoxy) is 1. The van der Waals surface area contributed by atoms with Crippen LogP contribution in [0.5, 0.6) is 0 Å². The number of nitrogens with two attached hydrogens (primary N) is 1. The highest BCUT2D eigenvalue weighted by Gasteiger charge is 2.33. The molecular formula is C19H35N3O5. The molecule has 5 N–H and O–H groups in total. The second-order valence-corrected chi connectivity index (χ2v) is 7.87. The van der Waals surface area contributed by atoms with Crippen molar-refractivity contribution in [1.29, 1.82) is 0 Å². The predicted molar refractivity (Wildman–Crippen MR) is 102 cm³/mol. The maximum atomic E-state index is 12.7. The van der Waals surface area contributed by atoms with Crippen molar-refractivity contribution in [3.8, 4) is 0 Å². The lowest BCUT2D eigenvalue weighted by Gasteiger charge is -2.31. The predicted octanol–water partition coefficient (Wildman–Crippen LogP) is -0.374. The number of hydrogen-bond acceptors (Lipinski definition) is 7. The zero-order valence-corrected chi connectivity index (χ0v) is 16.9. The number of carbonyl (C=O) groups is 3. The third-order valence-electron chi connectivity index (χ3n) is 4.81. The highest BCUT2D eigenvalue weighted by Crippen LogP contribution is 2.21. The van der Waals surface area contributed by atoms with E-state index < -0.39 is 24.0 Å². The fourth-order valence-electron chi connectivity index (χ4n) is 3.07. The summed E-state index contributed by atoms with van der Waals surface area (Å²) in [6.07, 6.45) is -0.523. The summed E-state index contributed by atoms with van der Waals surface area (Å²) in [7, 11) is 0. The van der Waals surface area contributed by atoms with Crippen LogP contribution in [0.2, 0.25) is 0 Å². The molecule has 1 fully saturated rings. The normalized spacial score (nSPS) is 23.5. The molecule has 0 aromatic heterocycles. The molecule has 0 bridgehead atoms. The zero-order valence-electron chi connectivity index (χ0n) is 16.9. The average Bonchev–Trinajstić information content (AvgIpc) is 2.61. The van der Waals surface area contributed by atoms with Crippen molar-refractivity contribution in [1.82, 2.24) is 10.6 Å². The van der Waals surface area contributed by atoms with E-state index in [4.69, 9.17) is 10.5 Å².